The fourth-order valence-corrected chi connectivity index (χ4v) is 7.47. The molecule has 14 heteroatoms. The van der Waals surface area contributed by atoms with Crippen LogP contribution in [-0.4, -0.2) is 68.5 Å². The van der Waals surface area contributed by atoms with Gasteiger partial charge in [0.15, 0.2) is 11.6 Å². The van der Waals surface area contributed by atoms with Crippen molar-refractivity contribution in [1.29, 1.82) is 5.26 Å². The number of nitriles is 1. The summed E-state index contributed by atoms with van der Waals surface area (Å²) in [6.45, 7) is 11.9. The van der Waals surface area contributed by atoms with E-state index >= 15 is 8.78 Å². The zero-order chi connectivity index (χ0) is 34.2. The Labute approximate surface area is 279 Å². The van der Waals surface area contributed by atoms with E-state index in [1.165, 1.54) is 6.20 Å². The van der Waals surface area contributed by atoms with Crippen LogP contribution in [0.2, 0.25) is 0 Å². The topological polar surface area (TPSA) is 143 Å². The van der Waals surface area contributed by atoms with Crippen LogP contribution < -0.4 is 10.1 Å². The molecular formula is C34H36F2N6O5S. The summed E-state index contributed by atoms with van der Waals surface area (Å²) < 4.78 is 49.1. The normalized spacial score (nSPS) is 17.6. The van der Waals surface area contributed by atoms with E-state index in [-0.39, 0.29) is 68.0 Å². The summed E-state index contributed by atoms with van der Waals surface area (Å²) in [5, 5.41) is 23.6. The first-order valence-electron chi connectivity index (χ1n) is 15.8. The third-order valence-corrected chi connectivity index (χ3v) is 10.4. The first kappa shape index (κ1) is 32.5. The quantitative estimate of drug-likeness (QED) is 0.218. The van der Waals surface area contributed by atoms with Crippen LogP contribution in [0.4, 0.5) is 18.6 Å². The predicted octanol–water partition coefficient (Wildman–Crippen LogP) is 6.30. The Morgan fingerprint density at radius 1 is 1.19 bits per heavy atom. The fourth-order valence-electron chi connectivity index (χ4n) is 6.43. The van der Waals surface area contributed by atoms with Crippen molar-refractivity contribution in [2.45, 2.75) is 71.9 Å². The van der Waals surface area contributed by atoms with Gasteiger partial charge in [-0.25, -0.2) is 18.6 Å². The van der Waals surface area contributed by atoms with Gasteiger partial charge in [0, 0.05) is 53.5 Å². The first-order valence-corrected chi connectivity index (χ1v) is 16.6. The molecule has 0 radical (unpaired) electrons. The minimum Gasteiger partial charge on any atom is -0.463 e. The SMILES string of the molecule is CC(C)(C)OC(=O)Nc1sc2c(F)cnc(-c3c4c(c5cnc(OCC6(CN7CC(C(C)(C)O)C7)CC6)nc5c3F)COC4)c2c1C#N. The molecule has 0 bridgehead atoms. The number of hydrogen-bond acceptors (Lipinski definition) is 11. The van der Waals surface area contributed by atoms with Crippen LogP contribution in [-0.2, 0) is 22.7 Å². The molecule has 3 aromatic heterocycles. The van der Waals surface area contributed by atoms with Gasteiger partial charge in [0.2, 0.25) is 0 Å². The Kier molecular flexibility index (Phi) is 7.82. The molecule has 1 aliphatic carbocycles. The number of nitrogens with one attached hydrogen (secondary N) is 1. The molecule has 5 heterocycles. The van der Waals surface area contributed by atoms with Crippen LogP contribution in [0.25, 0.3) is 32.2 Å². The lowest BCUT2D eigenvalue weighted by Crippen LogP contribution is -2.57. The minimum absolute atomic E-state index is 0.0000236. The van der Waals surface area contributed by atoms with Crippen molar-refractivity contribution < 1.29 is 32.9 Å². The van der Waals surface area contributed by atoms with E-state index in [9.17, 15) is 15.2 Å². The molecule has 1 saturated heterocycles. The van der Waals surface area contributed by atoms with E-state index in [2.05, 4.69) is 25.2 Å². The molecule has 11 nitrogen and oxygen atoms in total. The Morgan fingerprint density at radius 2 is 1.92 bits per heavy atom. The van der Waals surface area contributed by atoms with Gasteiger partial charge in [0.1, 0.15) is 22.2 Å². The number of thiophene rings is 1. The molecule has 2 N–H and O–H groups in total. The average Bonchev–Trinajstić information content (AvgIpc) is 3.39. The monoisotopic (exact) mass is 678 g/mol. The number of hydrogen-bond donors (Lipinski definition) is 2. The number of carbonyl (C=O) groups is 1. The summed E-state index contributed by atoms with van der Waals surface area (Å²) in [6, 6.07) is 2.08. The third-order valence-electron chi connectivity index (χ3n) is 9.29. The number of likely N-dealkylation sites (tertiary alicyclic amines) is 1. The number of aromatic nitrogens is 3. The highest BCUT2D eigenvalue weighted by Gasteiger charge is 2.48. The fraction of sp³-hybridized carbons (Fsp3) is 0.500. The van der Waals surface area contributed by atoms with Gasteiger partial charge in [-0.05, 0) is 58.6 Å². The molecule has 3 aliphatic rings. The maximum atomic E-state index is 16.8. The summed E-state index contributed by atoms with van der Waals surface area (Å²) in [5.74, 6) is -1.20. The van der Waals surface area contributed by atoms with Gasteiger partial charge in [-0.15, -0.1) is 11.3 Å². The lowest BCUT2D eigenvalue weighted by molar-refractivity contribution is -0.0693. The minimum atomic E-state index is -0.813. The summed E-state index contributed by atoms with van der Waals surface area (Å²) in [7, 11) is 0. The maximum Gasteiger partial charge on any atom is 0.412 e. The van der Waals surface area contributed by atoms with Crippen LogP contribution in [0.1, 0.15) is 64.2 Å². The lowest BCUT2D eigenvalue weighted by atomic mass is 9.84. The van der Waals surface area contributed by atoms with E-state index < -0.39 is 28.9 Å². The molecule has 0 unspecified atom stereocenters. The van der Waals surface area contributed by atoms with Crippen molar-refractivity contribution in [3.63, 3.8) is 0 Å². The number of aliphatic hydroxyl groups is 1. The van der Waals surface area contributed by atoms with Gasteiger partial charge in [0.05, 0.1) is 47.6 Å². The van der Waals surface area contributed by atoms with Crippen LogP contribution in [0.3, 0.4) is 0 Å². The number of pyridine rings is 1. The van der Waals surface area contributed by atoms with E-state index in [0.717, 1.165) is 50.0 Å². The molecule has 7 rings (SSSR count). The molecule has 0 atom stereocenters. The number of amides is 1. The zero-order valence-electron chi connectivity index (χ0n) is 27.4. The number of nitrogens with zero attached hydrogens (tertiary/aromatic N) is 5. The smallest absolute Gasteiger partial charge is 0.412 e. The van der Waals surface area contributed by atoms with Crippen molar-refractivity contribution in [2.75, 3.05) is 31.6 Å². The van der Waals surface area contributed by atoms with Gasteiger partial charge in [0.25, 0.3) is 0 Å². The molecule has 1 amide bonds. The van der Waals surface area contributed by atoms with E-state index in [1.807, 2.05) is 19.9 Å². The highest BCUT2D eigenvalue weighted by Crippen LogP contribution is 2.49. The van der Waals surface area contributed by atoms with Crippen molar-refractivity contribution in [3.8, 4) is 23.3 Å². The van der Waals surface area contributed by atoms with Crippen molar-refractivity contribution in [1.82, 2.24) is 19.9 Å². The lowest BCUT2D eigenvalue weighted by Gasteiger charge is -2.46. The molecule has 2 aliphatic heterocycles. The number of halogens is 2. The van der Waals surface area contributed by atoms with Crippen LogP contribution >= 0.6 is 11.3 Å². The van der Waals surface area contributed by atoms with Crippen molar-refractivity contribution in [2.24, 2.45) is 11.3 Å². The number of ether oxygens (including phenoxy) is 3. The maximum absolute atomic E-state index is 16.8. The van der Waals surface area contributed by atoms with Crippen LogP contribution in [0.15, 0.2) is 12.4 Å². The second-order valence-electron chi connectivity index (χ2n) is 14.6. The van der Waals surface area contributed by atoms with Gasteiger partial charge in [-0.1, -0.05) is 0 Å². The van der Waals surface area contributed by atoms with Crippen LogP contribution in [0.5, 0.6) is 6.01 Å². The number of carbonyl (C=O) groups excluding carboxylic acids is 1. The Hall–Kier alpha value is -4.03. The molecule has 48 heavy (non-hydrogen) atoms. The molecule has 0 spiro atoms. The molecule has 252 valence electrons. The summed E-state index contributed by atoms with van der Waals surface area (Å²) in [6.07, 6.45) is 3.68. The van der Waals surface area contributed by atoms with E-state index in [4.69, 9.17) is 14.2 Å². The standard InChI is InChI=1S/C34H36F2N6O5S/c1-32(2,3)47-31(43)41-29-18(8-37)24-27(38-10-22(35)28(24)48-29)23-21-14-45-13-20(21)19-9-39-30(40-26(19)25(23)36)46-16-34(6-7-34)15-42-11-17(12-42)33(4,5)44/h9-10,17,44H,6-7,11-16H2,1-5H3,(H,41,43). The predicted molar refractivity (Wildman–Crippen MR) is 175 cm³/mol. The number of fused-ring (bicyclic) bond motifs is 4. The second-order valence-corrected chi connectivity index (χ2v) is 15.6. The van der Waals surface area contributed by atoms with Crippen molar-refractivity contribution in [3.05, 3.63) is 40.7 Å². The highest BCUT2D eigenvalue weighted by atomic mass is 32.1. The largest absolute Gasteiger partial charge is 0.463 e. The van der Waals surface area contributed by atoms with Crippen LogP contribution in [0, 0.1) is 34.3 Å². The number of rotatable bonds is 8. The summed E-state index contributed by atoms with van der Waals surface area (Å²) in [5.41, 5.74) is -0.358. The van der Waals surface area contributed by atoms with E-state index in [0.29, 0.717) is 23.1 Å². The van der Waals surface area contributed by atoms with Gasteiger partial charge in [-0.3, -0.25) is 10.3 Å². The Balaban J connectivity index is 1.23. The first-order chi connectivity index (χ1) is 22.7. The Morgan fingerprint density at radius 3 is 2.58 bits per heavy atom. The Bertz CT molecular complexity index is 2000. The molecule has 1 aromatic carbocycles. The van der Waals surface area contributed by atoms with Gasteiger partial charge < -0.3 is 24.2 Å². The number of anilines is 1. The third kappa shape index (κ3) is 5.93. The van der Waals surface area contributed by atoms with Gasteiger partial charge in [-0.2, -0.15) is 10.2 Å². The summed E-state index contributed by atoms with van der Waals surface area (Å²) >= 11 is 0.845. The second kappa shape index (κ2) is 11.5. The zero-order valence-corrected chi connectivity index (χ0v) is 28.2. The molecular weight excluding hydrogens is 642 g/mol. The molecule has 1 saturated carbocycles. The number of benzene rings is 1. The molecule has 4 aromatic rings. The average molecular weight is 679 g/mol. The van der Waals surface area contributed by atoms with Gasteiger partial charge >= 0.3 is 12.1 Å². The van der Waals surface area contributed by atoms with E-state index in [1.54, 1.807) is 20.8 Å². The summed E-state index contributed by atoms with van der Waals surface area (Å²) in [4.78, 5) is 28.1. The van der Waals surface area contributed by atoms with Crippen molar-refractivity contribution >= 4 is 43.4 Å². The molecule has 2 fully saturated rings. The highest BCUT2D eigenvalue weighted by molar-refractivity contribution is 7.23.